The van der Waals surface area contributed by atoms with Gasteiger partial charge in [-0.05, 0) is 81.1 Å². The van der Waals surface area contributed by atoms with Gasteiger partial charge in [0.2, 0.25) is 10.0 Å². The molecule has 0 saturated heterocycles. The summed E-state index contributed by atoms with van der Waals surface area (Å²) in [5.74, 6) is -0.348. The van der Waals surface area contributed by atoms with Gasteiger partial charge in [-0.3, -0.25) is 9.52 Å². The van der Waals surface area contributed by atoms with Gasteiger partial charge in [-0.1, -0.05) is 40.0 Å². The van der Waals surface area contributed by atoms with Gasteiger partial charge in [-0.2, -0.15) is 0 Å². The van der Waals surface area contributed by atoms with Crippen LogP contribution < -0.4 is 9.46 Å². The average Bonchev–Trinajstić information content (AvgIpc) is 3.31. The van der Waals surface area contributed by atoms with Crippen LogP contribution in [0.4, 0.5) is 5.69 Å². The number of benzene rings is 2. The molecule has 3 aromatic rings. The van der Waals surface area contributed by atoms with Crippen LogP contribution in [0.2, 0.25) is 0 Å². The van der Waals surface area contributed by atoms with Crippen LogP contribution >= 0.6 is 12.4 Å². The molecule has 1 aromatic heterocycles. The molecular weight excluding hydrogens is 548 g/mol. The van der Waals surface area contributed by atoms with Crippen molar-refractivity contribution in [1.82, 2.24) is 4.90 Å². The zero-order valence-electron chi connectivity index (χ0n) is 33.3. The SMILES string of the molecule is Cl.[2H]C([2H])(CCC)N(C([2H])([2H])CCC)C([2H])([2H])C([2H])([2H])C([2H])([2H])Oc1ccc(C(=O)c2c(CCCC)oc3ccc(NS(C)(=O)=O)cc23)cc1. The van der Waals surface area contributed by atoms with Crippen LogP contribution in [0.25, 0.3) is 11.0 Å². The second-order valence-electron chi connectivity index (χ2n) is 9.04. The Bertz CT molecular complexity index is 1720. The highest BCUT2D eigenvalue weighted by molar-refractivity contribution is 7.92. The number of unbranched alkanes of at least 4 members (excludes halogenated alkanes) is 1. The van der Waals surface area contributed by atoms with Crippen LogP contribution in [0.3, 0.4) is 0 Å². The molecule has 0 unspecified atom stereocenters. The smallest absolute Gasteiger partial charge is 0.229 e. The van der Waals surface area contributed by atoms with E-state index in [-0.39, 0.29) is 65.6 Å². The van der Waals surface area contributed by atoms with Crippen molar-refractivity contribution in [3.63, 3.8) is 0 Å². The number of fused-ring (bicyclic) bond motifs is 1. The number of rotatable bonds is 18. The van der Waals surface area contributed by atoms with E-state index in [2.05, 4.69) is 4.72 Å². The average molecular weight is 603 g/mol. The first kappa shape index (κ1) is 21.2. The molecule has 0 bridgehead atoms. The van der Waals surface area contributed by atoms with E-state index < -0.39 is 48.2 Å². The van der Waals surface area contributed by atoms with Crippen molar-refractivity contribution in [3.8, 4) is 5.75 Å². The molecule has 40 heavy (non-hydrogen) atoms. The number of furan rings is 1. The first-order valence-corrected chi connectivity index (χ1v) is 15.0. The van der Waals surface area contributed by atoms with Crippen molar-refractivity contribution in [2.75, 3.05) is 37.0 Å². The molecule has 1 heterocycles. The summed E-state index contributed by atoms with van der Waals surface area (Å²) in [6, 6.07) is 9.59. The van der Waals surface area contributed by atoms with Crippen LogP contribution in [0.15, 0.2) is 46.9 Å². The van der Waals surface area contributed by atoms with Gasteiger partial charge in [0.05, 0.1) is 21.1 Å². The second-order valence-corrected chi connectivity index (χ2v) is 10.8. The van der Waals surface area contributed by atoms with Gasteiger partial charge in [0.25, 0.3) is 0 Å². The standard InChI is InChI=1S/C31H44N2O5S.ClH/c1-5-8-12-29-30(27-23-25(32-39(4,35)36)15-18-28(27)38-29)31(34)24-13-16-26(17-14-24)37-22-11-21-33(19-9-6-2)20-10-7-3;/h13-18,23,32H,5-12,19-22H2,1-4H3;1H/i11D2,19D2,20D2,21D2,22D2;. The molecule has 0 amide bonds. The zero-order valence-corrected chi connectivity index (χ0v) is 24.9. The number of sulfonamides is 1. The largest absolute Gasteiger partial charge is 0.494 e. The Hall–Kier alpha value is -2.55. The number of ketones is 1. The first-order valence-electron chi connectivity index (χ1n) is 18.1. The van der Waals surface area contributed by atoms with E-state index >= 15 is 0 Å². The van der Waals surface area contributed by atoms with E-state index in [9.17, 15) is 13.2 Å². The molecule has 0 aliphatic rings. The van der Waals surface area contributed by atoms with Crippen molar-refractivity contribution >= 4 is 44.9 Å². The van der Waals surface area contributed by atoms with Crippen LogP contribution in [-0.4, -0.2) is 51.4 Å². The van der Waals surface area contributed by atoms with Crippen LogP contribution in [0.5, 0.6) is 5.75 Å². The fourth-order valence-corrected chi connectivity index (χ4v) is 4.31. The zero-order chi connectivity index (χ0) is 37.2. The molecule has 9 heteroatoms. The minimum atomic E-state index is -3.63. The number of hydrogen-bond donors (Lipinski definition) is 1. The molecule has 1 N–H and O–H groups in total. The Kier molecular flexibility index (Phi) is 8.82. The number of anilines is 1. The lowest BCUT2D eigenvalue weighted by Gasteiger charge is -2.21. The van der Waals surface area contributed by atoms with Gasteiger partial charge in [0.1, 0.15) is 17.1 Å². The van der Waals surface area contributed by atoms with Crippen LogP contribution in [-0.2, 0) is 16.4 Å². The Morgan fingerprint density at radius 3 is 2.23 bits per heavy atom. The third-order valence-electron chi connectivity index (χ3n) is 5.59. The van der Waals surface area contributed by atoms with E-state index in [0.717, 1.165) is 12.7 Å². The molecule has 0 fully saturated rings. The predicted molar refractivity (Wildman–Crippen MR) is 167 cm³/mol. The molecule has 0 atom stereocenters. The molecule has 7 nitrogen and oxygen atoms in total. The highest BCUT2D eigenvalue weighted by Gasteiger charge is 2.22. The summed E-state index contributed by atoms with van der Waals surface area (Å²) in [5, 5.41) is 0.382. The summed E-state index contributed by atoms with van der Waals surface area (Å²) in [7, 11) is -3.60. The topological polar surface area (TPSA) is 88.8 Å². The molecule has 222 valence electrons. The Morgan fingerprint density at radius 2 is 1.62 bits per heavy atom. The lowest BCUT2D eigenvalue weighted by molar-refractivity contribution is 0.103. The van der Waals surface area contributed by atoms with Gasteiger partial charge in [0, 0.05) is 40.5 Å². The molecule has 0 saturated carbocycles. The Labute approximate surface area is 260 Å². The molecular formula is C31H45ClN2O5S. The van der Waals surface area contributed by atoms with E-state index in [4.69, 9.17) is 22.9 Å². The highest BCUT2D eigenvalue weighted by Crippen LogP contribution is 2.32. The number of aryl methyl sites for hydroxylation is 1. The first-order chi connectivity index (χ1) is 22.5. The number of nitrogens with one attached hydrogen (secondary N) is 1. The summed E-state index contributed by atoms with van der Waals surface area (Å²) in [5.41, 5.74) is 0.951. The fraction of sp³-hybridized carbons (Fsp3) is 0.516. The number of nitrogens with zero attached hydrogens (tertiary/aromatic N) is 1. The maximum absolute atomic E-state index is 13.9. The van der Waals surface area contributed by atoms with Crippen molar-refractivity contribution < 1.29 is 36.1 Å². The maximum atomic E-state index is 13.9. The van der Waals surface area contributed by atoms with E-state index in [1.165, 1.54) is 36.4 Å². The normalized spacial score (nSPS) is 17.0. The van der Waals surface area contributed by atoms with E-state index in [1.54, 1.807) is 19.9 Å². The van der Waals surface area contributed by atoms with Crippen molar-refractivity contribution in [2.45, 2.75) is 72.1 Å². The molecule has 2 aromatic carbocycles. The summed E-state index contributed by atoms with van der Waals surface area (Å²) in [4.78, 5) is 14.0. The minimum Gasteiger partial charge on any atom is -0.494 e. The predicted octanol–water partition coefficient (Wildman–Crippen LogP) is 7.47. The monoisotopic (exact) mass is 602 g/mol. The number of hydrogen-bond acceptors (Lipinski definition) is 6. The van der Waals surface area contributed by atoms with Crippen LogP contribution in [0.1, 0.15) is 101 Å². The number of carbonyl (C=O) groups excluding carboxylic acids is 1. The fourth-order valence-electron chi connectivity index (χ4n) is 3.75. The van der Waals surface area contributed by atoms with Gasteiger partial charge in [0.15, 0.2) is 5.78 Å². The second kappa shape index (κ2) is 16.7. The minimum absolute atomic E-state index is 0. The summed E-state index contributed by atoms with van der Waals surface area (Å²) < 4.78 is 123. The molecule has 0 spiro atoms. The van der Waals surface area contributed by atoms with Crippen molar-refractivity contribution in [1.29, 1.82) is 0 Å². The summed E-state index contributed by atoms with van der Waals surface area (Å²) >= 11 is 0. The van der Waals surface area contributed by atoms with E-state index in [0.29, 0.717) is 29.6 Å². The molecule has 0 radical (unpaired) electrons. The quantitative estimate of drug-likeness (QED) is 0.152. The number of carbonyl (C=O) groups is 1. The lowest BCUT2D eigenvalue weighted by atomic mass is 9.98. The number of ether oxygens (including phenoxy) is 1. The third-order valence-corrected chi connectivity index (χ3v) is 6.20. The van der Waals surface area contributed by atoms with Gasteiger partial charge >= 0.3 is 0 Å². The summed E-state index contributed by atoms with van der Waals surface area (Å²) in [6.45, 7) is -7.17. The molecule has 3 rings (SSSR count). The van der Waals surface area contributed by atoms with E-state index in [1.807, 2.05) is 6.92 Å². The summed E-state index contributed by atoms with van der Waals surface area (Å²) in [6.07, 6.45) is -0.972. The van der Waals surface area contributed by atoms with Gasteiger partial charge < -0.3 is 14.1 Å². The Balaban J connectivity index is 0.00000867. The molecule has 0 aliphatic carbocycles. The van der Waals surface area contributed by atoms with Crippen molar-refractivity contribution in [3.05, 3.63) is 59.4 Å². The highest BCUT2D eigenvalue weighted by atomic mass is 35.5. The number of halogens is 1. The van der Waals surface area contributed by atoms with Crippen molar-refractivity contribution in [2.24, 2.45) is 0 Å². The Morgan fingerprint density at radius 1 is 0.975 bits per heavy atom. The van der Waals surface area contributed by atoms with Crippen LogP contribution in [0, 0.1) is 0 Å². The maximum Gasteiger partial charge on any atom is 0.229 e. The third kappa shape index (κ3) is 10.1. The van der Waals surface area contributed by atoms with Gasteiger partial charge in [-0.15, -0.1) is 12.4 Å². The molecule has 0 aliphatic heterocycles. The van der Waals surface area contributed by atoms with Gasteiger partial charge in [-0.25, -0.2) is 8.42 Å². The lowest BCUT2D eigenvalue weighted by Crippen LogP contribution is -2.28.